The Morgan fingerprint density at radius 2 is 1.73 bits per heavy atom. The molecule has 3 fully saturated rings. The number of amides is 2. The van der Waals surface area contributed by atoms with Crippen LogP contribution < -0.4 is 5.32 Å². The van der Waals surface area contributed by atoms with Crippen LogP contribution in [-0.4, -0.2) is 48.6 Å². The molecule has 3 aliphatic rings. The number of nitrogens with zero attached hydrogens (tertiary/aromatic N) is 1. The molecule has 0 aromatic heterocycles. The number of carbonyl (C=O) groups is 2. The third-order valence-electron chi connectivity index (χ3n) is 8.06. The van der Waals surface area contributed by atoms with E-state index in [0.29, 0.717) is 45.6 Å². The van der Waals surface area contributed by atoms with E-state index in [0.717, 1.165) is 24.8 Å². The number of hydrogen-bond acceptors (Lipinski definition) is 3. The third kappa shape index (κ3) is 4.08. The Balaban J connectivity index is 1.52. The minimum absolute atomic E-state index is 0.0969. The van der Waals surface area contributed by atoms with E-state index in [1.807, 2.05) is 6.07 Å². The SMILES string of the molecule is Cc1ccc(C2(C(=O)N3C[C@@H](c4ccccc4)[C@@]4(CCCCC(=O)N4)C3)CCOCC2)cc1. The fourth-order valence-electron chi connectivity index (χ4n) is 6.20. The Morgan fingerprint density at radius 3 is 2.45 bits per heavy atom. The van der Waals surface area contributed by atoms with Gasteiger partial charge in [-0.3, -0.25) is 9.59 Å². The molecule has 2 aromatic carbocycles. The summed E-state index contributed by atoms with van der Waals surface area (Å²) in [6, 6.07) is 18.8. The zero-order valence-corrected chi connectivity index (χ0v) is 19.5. The second kappa shape index (κ2) is 8.94. The van der Waals surface area contributed by atoms with E-state index in [2.05, 4.69) is 65.7 Å². The average Bonchev–Trinajstić information content (AvgIpc) is 3.10. The van der Waals surface area contributed by atoms with E-state index in [1.54, 1.807) is 0 Å². The van der Waals surface area contributed by atoms with Crippen LogP contribution in [0.5, 0.6) is 0 Å². The van der Waals surface area contributed by atoms with Crippen molar-refractivity contribution in [2.24, 2.45) is 0 Å². The maximum Gasteiger partial charge on any atom is 0.233 e. The van der Waals surface area contributed by atoms with Crippen LogP contribution >= 0.6 is 0 Å². The number of ether oxygens (including phenoxy) is 1. The van der Waals surface area contributed by atoms with Crippen molar-refractivity contribution in [2.75, 3.05) is 26.3 Å². The van der Waals surface area contributed by atoms with Crippen LogP contribution in [0.25, 0.3) is 0 Å². The molecule has 1 N–H and O–H groups in total. The average molecular weight is 447 g/mol. The van der Waals surface area contributed by atoms with Crippen molar-refractivity contribution in [3.63, 3.8) is 0 Å². The van der Waals surface area contributed by atoms with Crippen molar-refractivity contribution in [3.8, 4) is 0 Å². The molecule has 0 unspecified atom stereocenters. The molecule has 3 saturated heterocycles. The summed E-state index contributed by atoms with van der Waals surface area (Å²) in [5.41, 5.74) is 2.52. The van der Waals surface area contributed by atoms with Gasteiger partial charge in [0, 0.05) is 38.6 Å². The van der Waals surface area contributed by atoms with Crippen molar-refractivity contribution < 1.29 is 14.3 Å². The predicted octanol–water partition coefficient (Wildman–Crippen LogP) is 4.10. The molecule has 0 aliphatic carbocycles. The van der Waals surface area contributed by atoms with E-state index >= 15 is 0 Å². The second-order valence-corrected chi connectivity index (χ2v) is 10.1. The van der Waals surface area contributed by atoms with Crippen LogP contribution in [0.15, 0.2) is 54.6 Å². The molecule has 0 bridgehead atoms. The van der Waals surface area contributed by atoms with Crippen molar-refractivity contribution in [1.82, 2.24) is 10.2 Å². The number of aryl methyl sites for hydroxylation is 1. The number of hydrogen-bond donors (Lipinski definition) is 1. The maximum atomic E-state index is 14.3. The highest BCUT2D eigenvalue weighted by atomic mass is 16.5. The molecule has 2 aromatic rings. The Labute approximate surface area is 196 Å². The van der Waals surface area contributed by atoms with E-state index < -0.39 is 11.0 Å². The number of likely N-dealkylation sites (tertiary alicyclic amines) is 1. The van der Waals surface area contributed by atoms with Crippen molar-refractivity contribution in [2.45, 2.75) is 62.3 Å². The highest BCUT2D eigenvalue weighted by molar-refractivity contribution is 5.89. The molecule has 174 valence electrons. The highest BCUT2D eigenvalue weighted by Crippen LogP contribution is 2.44. The molecular weight excluding hydrogens is 412 g/mol. The lowest BCUT2D eigenvalue weighted by molar-refractivity contribution is -0.140. The highest BCUT2D eigenvalue weighted by Gasteiger charge is 2.53. The van der Waals surface area contributed by atoms with Gasteiger partial charge in [0.25, 0.3) is 0 Å². The van der Waals surface area contributed by atoms with Gasteiger partial charge in [-0.25, -0.2) is 0 Å². The summed E-state index contributed by atoms with van der Waals surface area (Å²) in [7, 11) is 0. The smallest absolute Gasteiger partial charge is 0.233 e. The van der Waals surface area contributed by atoms with Crippen LogP contribution in [0.2, 0.25) is 0 Å². The first-order valence-corrected chi connectivity index (χ1v) is 12.3. The molecule has 33 heavy (non-hydrogen) atoms. The van der Waals surface area contributed by atoms with Gasteiger partial charge in [0.2, 0.25) is 11.8 Å². The first-order valence-electron chi connectivity index (χ1n) is 12.3. The molecule has 3 aliphatic heterocycles. The van der Waals surface area contributed by atoms with Crippen LogP contribution in [0.3, 0.4) is 0 Å². The van der Waals surface area contributed by atoms with Gasteiger partial charge >= 0.3 is 0 Å². The minimum atomic E-state index is -0.562. The summed E-state index contributed by atoms with van der Waals surface area (Å²) < 4.78 is 5.69. The number of nitrogens with one attached hydrogen (secondary N) is 1. The standard InChI is InChI=1S/C28H34N2O3/c1-21-10-12-23(13-11-21)27(15-17-33-18-16-27)26(32)30-19-24(22-7-3-2-4-8-22)28(20-30)14-6-5-9-25(31)29-28/h2-4,7-8,10-13,24H,5-6,9,14-20H2,1H3,(H,29,31)/t24-,28+/m0/s1. The zero-order valence-electron chi connectivity index (χ0n) is 19.5. The Hall–Kier alpha value is -2.66. The largest absolute Gasteiger partial charge is 0.381 e. The fourth-order valence-corrected chi connectivity index (χ4v) is 6.20. The summed E-state index contributed by atoms with van der Waals surface area (Å²) in [6.07, 6.45) is 4.78. The van der Waals surface area contributed by atoms with Gasteiger partial charge in [0.15, 0.2) is 0 Å². The molecule has 5 rings (SSSR count). The summed E-state index contributed by atoms with van der Waals surface area (Å²) in [5.74, 6) is 0.396. The Kier molecular flexibility index (Phi) is 6.00. The quantitative estimate of drug-likeness (QED) is 0.772. The fraction of sp³-hybridized carbons (Fsp3) is 0.500. The summed E-state index contributed by atoms with van der Waals surface area (Å²) in [5, 5.41) is 3.39. The molecule has 3 heterocycles. The first kappa shape index (κ1) is 22.1. The first-order chi connectivity index (χ1) is 16.0. The molecule has 0 saturated carbocycles. The van der Waals surface area contributed by atoms with Gasteiger partial charge in [0.05, 0.1) is 11.0 Å². The van der Waals surface area contributed by atoms with Gasteiger partial charge in [-0.15, -0.1) is 0 Å². The third-order valence-corrected chi connectivity index (χ3v) is 8.06. The molecular formula is C28H34N2O3. The van der Waals surface area contributed by atoms with Crippen molar-refractivity contribution in [3.05, 3.63) is 71.3 Å². The molecule has 2 amide bonds. The van der Waals surface area contributed by atoms with Crippen LogP contribution in [0.4, 0.5) is 0 Å². The number of rotatable bonds is 3. The van der Waals surface area contributed by atoms with Gasteiger partial charge in [-0.1, -0.05) is 66.6 Å². The normalized spacial score (nSPS) is 27.2. The summed E-state index contributed by atoms with van der Waals surface area (Å²) in [6.45, 7) is 4.48. The van der Waals surface area contributed by atoms with Crippen LogP contribution in [0, 0.1) is 6.92 Å². The molecule has 5 heteroatoms. The van der Waals surface area contributed by atoms with Gasteiger partial charge in [-0.05, 0) is 43.7 Å². The monoisotopic (exact) mass is 446 g/mol. The molecule has 2 atom stereocenters. The van der Waals surface area contributed by atoms with Crippen LogP contribution in [-0.2, 0) is 19.7 Å². The Morgan fingerprint density at radius 1 is 1.00 bits per heavy atom. The number of benzene rings is 2. The molecule has 1 spiro atoms. The van der Waals surface area contributed by atoms with E-state index in [9.17, 15) is 9.59 Å². The van der Waals surface area contributed by atoms with Gasteiger partial charge < -0.3 is 15.0 Å². The lowest BCUT2D eigenvalue weighted by Gasteiger charge is -2.40. The van der Waals surface area contributed by atoms with Crippen molar-refractivity contribution in [1.29, 1.82) is 0 Å². The second-order valence-electron chi connectivity index (χ2n) is 10.1. The summed E-state index contributed by atoms with van der Waals surface area (Å²) >= 11 is 0. The minimum Gasteiger partial charge on any atom is -0.381 e. The van der Waals surface area contributed by atoms with E-state index in [1.165, 1.54) is 11.1 Å². The molecule has 0 radical (unpaired) electrons. The van der Waals surface area contributed by atoms with Crippen molar-refractivity contribution >= 4 is 11.8 Å². The predicted molar refractivity (Wildman–Crippen MR) is 128 cm³/mol. The van der Waals surface area contributed by atoms with Gasteiger partial charge in [-0.2, -0.15) is 0 Å². The Bertz CT molecular complexity index is 998. The van der Waals surface area contributed by atoms with E-state index in [4.69, 9.17) is 4.74 Å². The lowest BCUT2D eigenvalue weighted by atomic mass is 9.73. The van der Waals surface area contributed by atoms with E-state index in [-0.39, 0.29) is 17.7 Å². The zero-order chi connectivity index (χ0) is 22.9. The topological polar surface area (TPSA) is 58.6 Å². The molecule has 5 nitrogen and oxygen atoms in total. The number of carbonyl (C=O) groups excluding carboxylic acids is 2. The lowest BCUT2D eigenvalue weighted by Crippen LogP contribution is -2.54. The summed E-state index contributed by atoms with van der Waals surface area (Å²) in [4.78, 5) is 29.1. The maximum absolute atomic E-state index is 14.3. The van der Waals surface area contributed by atoms with Crippen LogP contribution in [0.1, 0.15) is 61.1 Å². The van der Waals surface area contributed by atoms with Gasteiger partial charge in [0.1, 0.15) is 0 Å².